The molecular formula is C28H30F3N5O3S. The molecule has 1 aliphatic heterocycles. The Kier molecular flexibility index (Phi) is 7.81. The lowest BCUT2D eigenvalue weighted by Crippen LogP contribution is -2.41. The van der Waals surface area contributed by atoms with E-state index in [1.165, 1.54) is 12.1 Å². The molecule has 1 aromatic heterocycles. The van der Waals surface area contributed by atoms with Crippen LogP contribution < -0.4 is 10.2 Å². The Hall–Kier alpha value is -3.53. The second-order valence-corrected chi connectivity index (χ2v) is 12.7. The zero-order chi connectivity index (χ0) is 28.5. The van der Waals surface area contributed by atoms with Crippen LogP contribution in [0.25, 0.3) is 16.8 Å². The zero-order valence-electron chi connectivity index (χ0n) is 21.6. The highest BCUT2D eigenvalue weighted by molar-refractivity contribution is 8.24. The number of carbonyl (C=O) groups excluding carboxylic acids is 1. The average Bonchev–Trinajstić information content (AvgIpc) is 3.37. The van der Waals surface area contributed by atoms with Crippen molar-refractivity contribution in [2.24, 2.45) is 5.92 Å². The van der Waals surface area contributed by atoms with Gasteiger partial charge < -0.3 is 10.2 Å². The Bertz CT molecular complexity index is 1400. The SMILES string of the molecule is N#CCNC(=O)[C@@H]1CC(F)(F)CC[C@H]1c1nn(-c2ccc(F)cc2)cc1-c1ccc(N2CCS(O)(O)CC2)cc1. The van der Waals surface area contributed by atoms with Crippen molar-refractivity contribution in [3.63, 3.8) is 0 Å². The molecule has 2 fully saturated rings. The number of aromatic nitrogens is 2. The van der Waals surface area contributed by atoms with Crippen molar-refractivity contribution in [2.75, 3.05) is 36.0 Å². The first-order chi connectivity index (χ1) is 19.0. The van der Waals surface area contributed by atoms with Gasteiger partial charge in [0.2, 0.25) is 11.8 Å². The lowest BCUT2D eigenvalue weighted by atomic mass is 9.74. The summed E-state index contributed by atoms with van der Waals surface area (Å²) >= 11 is 0. The van der Waals surface area contributed by atoms with Gasteiger partial charge in [-0.2, -0.15) is 21.0 Å². The van der Waals surface area contributed by atoms with Crippen LogP contribution in [0, 0.1) is 23.1 Å². The van der Waals surface area contributed by atoms with Gasteiger partial charge in [0.15, 0.2) is 0 Å². The molecule has 2 atom stereocenters. The molecule has 12 heteroatoms. The van der Waals surface area contributed by atoms with E-state index < -0.39 is 52.9 Å². The molecule has 1 aliphatic carbocycles. The van der Waals surface area contributed by atoms with Crippen molar-refractivity contribution in [1.29, 1.82) is 5.26 Å². The fraction of sp³-hybridized carbons (Fsp3) is 0.393. The lowest BCUT2D eigenvalue weighted by Gasteiger charge is -2.41. The fourth-order valence-corrected chi connectivity index (χ4v) is 6.67. The number of nitrogens with zero attached hydrogens (tertiary/aromatic N) is 4. The highest BCUT2D eigenvalue weighted by Gasteiger charge is 2.46. The number of hydrogen-bond donors (Lipinski definition) is 3. The lowest BCUT2D eigenvalue weighted by molar-refractivity contribution is -0.133. The Labute approximate surface area is 231 Å². The molecule has 2 aromatic carbocycles. The van der Waals surface area contributed by atoms with Crippen molar-refractivity contribution in [3.05, 3.63) is 66.2 Å². The molecule has 0 radical (unpaired) electrons. The van der Waals surface area contributed by atoms with Crippen LogP contribution in [0.3, 0.4) is 0 Å². The van der Waals surface area contributed by atoms with E-state index in [4.69, 9.17) is 10.4 Å². The van der Waals surface area contributed by atoms with Crippen LogP contribution in [0.15, 0.2) is 54.7 Å². The van der Waals surface area contributed by atoms with Gasteiger partial charge in [0.05, 0.1) is 34.9 Å². The molecule has 2 aliphatic rings. The number of benzene rings is 2. The number of nitrogens with one attached hydrogen (secondary N) is 1. The number of alkyl halides is 2. The third-order valence-corrected chi connectivity index (χ3v) is 9.28. The van der Waals surface area contributed by atoms with Crippen molar-refractivity contribution < 1.29 is 27.1 Å². The molecule has 1 amide bonds. The fourth-order valence-electron chi connectivity index (χ4n) is 5.44. The van der Waals surface area contributed by atoms with Crippen LogP contribution >= 0.6 is 10.6 Å². The molecule has 212 valence electrons. The monoisotopic (exact) mass is 573 g/mol. The van der Waals surface area contributed by atoms with E-state index in [9.17, 15) is 27.1 Å². The summed E-state index contributed by atoms with van der Waals surface area (Å²) in [7, 11) is -2.53. The van der Waals surface area contributed by atoms with E-state index in [1.807, 2.05) is 30.3 Å². The standard InChI is InChI=1S/C28H30F3N5O3S/c29-20-3-7-22(8-4-20)36-18-25(19-1-5-21(6-2-19)35-13-15-40(38,39)16-14-35)26(34-36)23-9-10-28(30,31)17-24(23)27(37)33-12-11-32/h1-8,18,23-24,38-39H,9-10,12-17H2,(H,33,37)/t23-,24-/m1/s1. The summed E-state index contributed by atoms with van der Waals surface area (Å²) in [6.45, 7) is 0.758. The zero-order valence-corrected chi connectivity index (χ0v) is 22.5. The third-order valence-electron chi connectivity index (χ3n) is 7.61. The molecule has 8 nitrogen and oxygen atoms in total. The van der Waals surface area contributed by atoms with Gasteiger partial charge in [-0.1, -0.05) is 12.1 Å². The van der Waals surface area contributed by atoms with Crippen molar-refractivity contribution in [2.45, 2.75) is 31.1 Å². The molecule has 0 bridgehead atoms. The summed E-state index contributed by atoms with van der Waals surface area (Å²) in [5.74, 6) is -5.12. The Morgan fingerprint density at radius 3 is 2.40 bits per heavy atom. The summed E-state index contributed by atoms with van der Waals surface area (Å²) in [6.07, 6.45) is 0.745. The minimum Gasteiger partial charge on any atom is -0.368 e. The molecule has 5 rings (SSSR count). The van der Waals surface area contributed by atoms with E-state index >= 15 is 0 Å². The average molecular weight is 574 g/mol. The normalized spacial score (nSPS) is 22.8. The van der Waals surface area contributed by atoms with Crippen molar-refractivity contribution in [3.8, 4) is 22.9 Å². The van der Waals surface area contributed by atoms with Crippen molar-refractivity contribution in [1.82, 2.24) is 15.1 Å². The van der Waals surface area contributed by atoms with E-state index in [2.05, 4.69) is 10.2 Å². The number of amides is 1. The summed E-state index contributed by atoms with van der Waals surface area (Å²) in [4.78, 5) is 15.0. The van der Waals surface area contributed by atoms with Gasteiger partial charge >= 0.3 is 0 Å². The molecule has 1 saturated heterocycles. The molecule has 40 heavy (non-hydrogen) atoms. The van der Waals surface area contributed by atoms with Crippen LogP contribution in [-0.4, -0.2) is 61.9 Å². The number of rotatable bonds is 6. The highest BCUT2D eigenvalue weighted by Crippen LogP contribution is 2.47. The third kappa shape index (κ3) is 6.11. The number of nitriles is 1. The second-order valence-electron chi connectivity index (χ2n) is 10.3. The predicted octanol–water partition coefficient (Wildman–Crippen LogP) is 5.41. The van der Waals surface area contributed by atoms with Crippen molar-refractivity contribution >= 4 is 22.2 Å². The maximum absolute atomic E-state index is 14.5. The Morgan fingerprint density at radius 1 is 1.10 bits per heavy atom. The summed E-state index contributed by atoms with van der Waals surface area (Å²) in [6, 6.07) is 15.2. The molecule has 1 saturated carbocycles. The minimum atomic E-state index is -3.01. The van der Waals surface area contributed by atoms with Gasteiger partial charge in [-0.15, -0.1) is 0 Å². The topological polar surface area (TPSA) is 114 Å². The summed E-state index contributed by atoms with van der Waals surface area (Å²) < 4.78 is 64.0. The second kappa shape index (κ2) is 11.2. The summed E-state index contributed by atoms with van der Waals surface area (Å²) in [5.41, 5.74) is 3.40. The maximum atomic E-state index is 14.5. The first kappa shape index (κ1) is 28.0. The van der Waals surface area contributed by atoms with Gasteiger partial charge in [-0.05, 0) is 48.4 Å². The largest absolute Gasteiger partial charge is 0.368 e. The Morgan fingerprint density at radius 2 is 1.75 bits per heavy atom. The Balaban J connectivity index is 1.52. The smallest absolute Gasteiger partial charge is 0.249 e. The van der Waals surface area contributed by atoms with Gasteiger partial charge in [-0.25, -0.2) is 17.9 Å². The minimum absolute atomic E-state index is 0.0311. The van der Waals surface area contributed by atoms with E-state index in [0.717, 1.165) is 11.3 Å². The molecule has 2 heterocycles. The van der Waals surface area contributed by atoms with Crippen LogP contribution in [0.4, 0.5) is 18.9 Å². The first-order valence-corrected chi connectivity index (χ1v) is 14.9. The van der Waals surface area contributed by atoms with Gasteiger partial charge in [0, 0.05) is 49.3 Å². The van der Waals surface area contributed by atoms with Crippen LogP contribution in [0.1, 0.15) is 30.9 Å². The highest BCUT2D eigenvalue weighted by atomic mass is 32.3. The number of anilines is 1. The molecule has 3 N–H and O–H groups in total. The number of hydrogen-bond acceptors (Lipinski definition) is 6. The van der Waals surface area contributed by atoms with E-state index in [-0.39, 0.29) is 13.0 Å². The van der Waals surface area contributed by atoms with Crippen LogP contribution in [0.2, 0.25) is 0 Å². The molecule has 0 unspecified atom stereocenters. The molecule has 0 spiro atoms. The van der Waals surface area contributed by atoms with E-state index in [0.29, 0.717) is 41.5 Å². The van der Waals surface area contributed by atoms with Crippen LogP contribution in [-0.2, 0) is 4.79 Å². The first-order valence-electron chi connectivity index (χ1n) is 13.0. The van der Waals surface area contributed by atoms with Gasteiger partial charge in [-0.3, -0.25) is 13.9 Å². The molecular weight excluding hydrogens is 543 g/mol. The van der Waals surface area contributed by atoms with Crippen LogP contribution in [0.5, 0.6) is 0 Å². The quantitative estimate of drug-likeness (QED) is 0.340. The maximum Gasteiger partial charge on any atom is 0.249 e. The predicted molar refractivity (Wildman–Crippen MR) is 147 cm³/mol. The number of halogens is 3. The van der Waals surface area contributed by atoms with Gasteiger partial charge in [0.1, 0.15) is 12.4 Å². The number of carbonyl (C=O) groups is 1. The molecule has 3 aromatic rings. The van der Waals surface area contributed by atoms with Gasteiger partial charge in [0.25, 0.3) is 0 Å². The van der Waals surface area contributed by atoms with E-state index in [1.54, 1.807) is 23.0 Å². The summed E-state index contributed by atoms with van der Waals surface area (Å²) in [5, 5.41) is 16.1.